The van der Waals surface area contributed by atoms with Gasteiger partial charge in [-0.2, -0.15) is 4.98 Å². The Hall–Kier alpha value is -3.19. The Morgan fingerprint density at radius 1 is 1.13 bits per heavy atom. The van der Waals surface area contributed by atoms with E-state index in [1.165, 1.54) is 14.2 Å². The number of benzene rings is 1. The smallest absolute Gasteiger partial charge is 0.259 e. The molecule has 31 heavy (non-hydrogen) atoms. The van der Waals surface area contributed by atoms with Crippen LogP contribution in [0.1, 0.15) is 34.8 Å². The molecule has 3 heterocycles. The van der Waals surface area contributed by atoms with Crippen LogP contribution < -0.4 is 9.47 Å². The summed E-state index contributed by atoms with van der Waals surface area (Å²) >= 11 is 6.44. The van der Waals surface area contributed by atoms with Crippen molar-refractivity contribution >= 4 is 17.5 Å². The number of rotatable bonds is 5. The number of halogens is 1. The van der Waals surface area contributed by atoms with E-state index in [9.17, 15) is 4.79 Å². The molecule has 4 rings (SSSR count). The molecular weight excluding hydrogens is 416 g/mol. The minimum absolute atomic E-state index is 0.0733. The highest BCUT2D eigenvalue weighted by molar-refractivity contribution is 6.33. The molecule has 1 atom stereocenters. The number of aromatic nitrogens is 3. The van der Waals surface area contributed by atoms with Crippen LogP contribution >= 0.6 is 11.6 Å². The molecule has 1 aliphatic heterocycles. The number of carbonyl (C=O) groups excluding carboxylic acids is 1. The fourth-order valence-electron chi connectivity index (χ4n) is 3.96. The summed E-state index contributed by atoms with van der Waals surface area (Å²) in [6.45, 7) is 1.21. The molecule has 1 aliphatic rings. The highest BCUT2D eigenvalue weighted by Crippen LogP contribution is 2.36. The lowest BCUT2D eigenvalue weighted by Crippen LogP contribution is -2.39. The van der Waals surface area contributed by atoms with Crippen LogP contribution in [0.25, 0.3) is 11.1 Å². The normalized spacial score (nSPS) is 16.1. The van der Waals surface area contributed by atoms with Crippen LogP contribution in [-0.4, -0.2) is 53.1 Å². The molecule has 1 amide bonds. The van der Waals surface area contributed by atoms with Gasteiger partial charge in [-0.25, -0.2) is 9.97 Å². The van der Waals surface area contributed by atoms with Gasteiger partial charge in [-0.05, 0) is 25.0 Å². The SMILES string of the molecule is COc1ccc(C(=O)N2CCC[C@@H](c3ncncc3-c3ccccc3Cl)C2)c(OC)n1. The molecule has 0 bridgehead atoms. The Morgan fingerprint density at radius 3 is 2.74 bits per heavy atom. The Balaban J connectivity index is 1.62. The topological polar surface area (TPSA) is 77.4 Å². The average Bonchev–Trinajstić information content (AvgIpc) is 2.83. The number of hydrogen-bond acceptors (Lipinski definition) is 6. The van der Waals surface area contributed by atoms with Crippen molar-refractivity contribution in [3.8, 4) is 22.9 Å². The summed E-state index contributed by atoms with van der Waals surface area (Å²) in [6, 6.07) is 11.0. The summed E-state index contributed by atoms with van der Waals surface area (Å²) < 4.78 is 10.5. The largest absolute Gasteiger partial charge is 0.481 e. The molecule has 0 radical (unpaired) electrons. The quantitative estimate of drug-likeness (QED) is 0.593. The van der Waals surface area contributed by atoms with Crippen molar-refractivity contribution < 1.29 is 14.3 Å². The summed E-state index contributed by atoms with van der Waals surface area (Å²) in [5, 5.41) is 0.649. The van der Waals surface area contributed by atoms with Crippen molar-refractivity contribution in [3.63, 3.8) is 0 Å². The highest BCUT2D eigenvalue weighted by atomic mass is 35.5. The lowest BCUT2D eigenvalue weighted by molar-refractivity contribution is 0.0701. The van der Waals surface area contributed by atoms with Gasteiger partial charge in [0.15, 0.2) is 0 Å². The van der Waals surface area contributed by atoms with E-state index >= 15 is 0 Å². The van der Waals surface area contributed by atoms with Crippen molar-refractivity contribution in [3.05, 3.63) is 65.2 Å². The zero-order valence-corrected chi connectivity index (χ0v) is 18.2. The number of carbonyl (C=O) groups is 1. The summed E-state index contributed by atoms with van der Waals surface area (Å²) in [7, 11) is 3.02. The van der Waals surface area contributed by atoms with Gasteiger partial charge in [0.05, 0.1) is 19.9 Å². The summed E-state index contributed by atoms with van der Waals surface area (Å²) in [5.74, 6) is 0.606. The van der Waals surface area contributed by atoms with Gasteiger partial charge in [0.1, 0.15) is 11.9 Å². The second-order valence-electron chi connectivity index (χ2n) is 7.30. The molecule has 0 aliphatic carbocycles. The molecule has 1 saturated heterocycles. The molecule has 8 heteroatoms. The molecule has 3 aromatic rings. The van der Waals surface area contributed by atoms with E-state index in [2.05, 4.69) is 15.0 Å². The molecule has 0 unspecified atom stereocenters. The third kappa shape index (κ3) is 4.32. The van der Waals surface area contributed by atoms with Gasteiger partial charge >= 0.3 is 0 Å². The standard InChI is InChI=1S/C23H23ClN4O3/c1-30-20-10-9-17(22(27-20)31-2)23(29)28-11-5-6-15(13-28)21-18(12-25-14-26-21)16-7-3-4-8-19(16)24/h3-4,7-10,12,14-15H,5-6,11,13H2,1-2H3/t15-/m1/s1. The third-order valence-corrected chi connectivity index (χ3v) is 5.80. The van der Waals surface area contributed by atoms with Crippen molar-refractivity contribution in [1.82, 2.24) is 19.9 Å². The maximum atomic E-state index is 13.3. The second kappa shape index (κ2) is 9.31. The molecular formula is C23H23ClN4O3. The van der Waals surface area contributed by atoms with E-state index < -0.39 is 0 Å². The van der Waals surface area contributed by atoms with Gasteiger partial charge in [0, 0.05) is 47.4 Å². The van der Waals surface area contributed by atoms with Crippen LogP contribution in [-0.2, 0) is 0 Å². The van der Waals surface area contributed by atoms with Crippen LogP contribution in [0, 0.1) is 0 Å². The first kappa shape index (κ1) is 21.1. The fourth-order valence-corrected chi connectivity index (χ4v) is 4.20. The van der Waals surface area contributed by atoms with E-state index in [-0.39, 0.29) is 17.7 Å². The molecule has 0 spiro atoms. The summed E-state index contributed by atoms with van der Waals surface area (Å²) in [6.07, 6.45) is 5.14. The third-order valence-electron chi connectivity index (χ3n) is 5.47. The number of amides is 1. The zero-order valence-electron chi connectivity index (χ0n) is 17.4. The lowest BCUT2D eigenvalue weighted by Gasteiger charge is -2.33. The number of nitrogens with zero attached hydrogens (tertiary/aromatic N) is 4. The van der Waals surface area contributed by atoms with Crippen LogP contribution in [0.15, 0.2) is 48.9 Å². The number of piperidine rings is 1. The number of methoxy groups -OCH3 is 2. The molecule has 160 valence electrons. The predicted octanol–water partition coefficient (Wildman–Crippen LogP) is 4.23. The Kier molecular flexibility index (Phi) is 6.32. The Bertz CT molecular complexity index is 1090. The van der Waals surface area contributed by atoms with Gasteiger partial charge in [-0.1, -0.05) is 29.8 Å². The van der Waals surface area contributed by atoms with E-state index in [1.54, 1.807) is 24.7 Å². The van der Waals surface area contributed by atoms with E-state index in [0.717, 1.165) is 29.7 Å². The molecule has 7 nitrogen and oxygen atoms in total. The van der Waals surface area contributed by atoms with Gasteiger partial charge in [0.25, 0.3) is 5.91 Å². The Labute approximate surface area is 186 Å². The monoisotopic (exact) mass is 438 g/mol. The number of likely N-dealkylation sites (tertiary alicyclic amines) is 1. The highest BCUT2D eigenvalue weighted by Gasteiger charge is 2.30. The molecule has 1 fully saturated rings. The van der Waals surface area contributed by atoms with E-state index in [1.807, 2.05) is 29.2 Å². The van der Waals surface area contributed by atoms with E-state index in [4.69, 9.17) is 21.1 Å². The molecule has 2 aromatic heterocycles. The summed E-state index contributed by atoms with van der Waals surface area (Å²) in [4.78, 5) is 28.1. The fraction of sp³-hybridized carbons (Fsp3) is 0.304. The first-order chi connectivity index (χ1) is 15.1. The van der Waals surface area contributed by atoms with Crippen molar-refractivity contribution in [1.29, 1.82) is 0 Å². The number of pyridine rings is 1. The zero-order chi connectivity index (χ0) is 21.8. The van der Waals surface area contributed by atoms with Gasteiger partial charge in [-0.15, -0.1) is 0 Å². The maximum Gasteiger partial charge on any atom is 0.259 e. The predicted molar refractivity (Wildman–Crippen MR) is 118 cm³/mol. The lowest BCUT2D eigenvalue weighted by atomic mass is 9.89. The van der Waals surface area contributed by atoms with Gasteiger partial charge < -0.3 is 14.4 Å². The van der Waals surface area contributed by atoms with Gasteiger partial charge in [0.2, 0.25) is 11.8 Å². The maximum absolute atomic E-state index is 13.3. The van der Waals surface area contributed by atoms with Crippen molar-refractivity contribution in [2.75, 3.05) is 27.3 Å². The van der Waals surface area contributed by atoms with E-state index in [0.29, 0.717) is 29.6 Å². The number of ether oxygens (including phenoxy) is 2. The second-order valence-corrected chi connectivity index (χ2v) is 7.71. The molecule has 0 saturated carbocycles. The summed E-state index contributed by atoms with van der Waals surface area (Å²) in [5.41, 5.74) is 3.11. The first-order valence-electron chi connectivity index (χ1n) is 10.1. The average molecular weight is 439 g/mol. The first-order valence-corrected chi connectivity index (χ1v) is 10.4. The number of hydrogen-bond donors (Lipinski definition) is 0. The molecule has 1 aromatic carbocycles. The van der Waals surface area contributed by atoms with Crippen LogP contribution in [0.3, 0.4) is 0 Å². The van der Waals surface area contributed by atoms with Crippen molar-refractivity contribution in [2.45, 2.75) is 18.8 Å². The van der Waals surface area contributed by atoms with Crippen LogP contribution in [0.2, 0.25) is 5.02 Å². The minimum atomic E-state index is -0.120. The van der Waals surface area contributed by atoms with Crippen LogP contribution in [0.5, 0.6) is 11.8 Å². The van der Waals surface area contributed by atoms with Crippen LogP contribution in [0.4, 0.5) is 0 Å². The minimum Gasteiger partial charge on any atom is -0.481 e. The molecule has 0 N–H and O–H groups in total. The van der Waals surface area contributed by atoms with Gasteiger partial charge in [-0.3, -0.25) is 4.79 Å². The Morgan fingerprint density at radius 2 is 1.97 bits per heavy atom. The van der Waals surface area contributed by atoms with Crippen molar-refractivity contribution in [2.24, 2.45) is 0 Å².